The van der Waals surface area contributed by atoms with E-state index >= 15 is 0 Å². The quantitative estimate of drug-likeness (QED) is 0.389. The molecule has 0 aliphatic carbocycles. The molecule has 0 saturated carbocycles. The molecule has 5 heteroatoms. The Morgan fingerprint density at radius 1 is 0.647 bits per heavy atom. The lowest BCUT2D eigenvalue weighted by Crippen LogP contribution is -2.27. The van der Waals surface area contributed by atoms with Gasteiger partial charge >= 0.3 is 0 Å². The van der Waals surface area contributed by atoms with E-state index in [2.05, 4.69) is 0 Å². The summed E-state index contributed by atoms with van der Waals surface area (Å²) >= 11 is 0. The first kappa shape index (κ1) is 16.8. The molecular formula is C12H26O5. The van der Waals surface area contributed by atoms with E-state index in [1.807, 2.05) is 6.92 Å². The third-order valence-electron chi connectivity index (χ3n) is 2.72. The monoisotopic (exact) mass is 250 g/mol. The van der Waals surface area contributed by atoms with Crippen LogP contribution in [-0.2, 0) is 0 Å². The van der Waals surface area contributed by atoms with E-state index in [4.69, 9.17) is 5.11 Å². The predicted octanol–water partition coefficient (Wildman–Crippen LogP) is -0.219. The smallest absolute Gasteiger partial charge is 0.0589 e. The van der Waals surface area contributed by atoms with Crippen molar-refractivity contribution in [2.45, 2.75) is 76.5 Å². The van der Waals surface area contributed by atoms with Gasteiger partial charge < -0.3 is 25.5 Å². The Morgan fingerprint density at radius 2 is 1.00 bits per heavy atom. The second-order valence-corrected chi connectivity index (χ2v) is 4.82. The van der Waals surface area contributed by atoms with Crippen molar-refractivity contribution in [1.82, 2.24) is 0 Å². The molecule has 0 aliphatic rings. The van der Waals surface area contributed by atoms with Crippen molar-refractivity contribution in [3.05, 3.63) is 0 Å². The Bertz CT molecular complexity index is 186. The van der Waals surface area contributed by atoms with Gasteiger partial charge in [0.15, 0.2) is 0 Å². The summed E-state index contributed by atoms with van der Waals surface area (Å²) in [6.07, 6.45) is -2.24. The van der Waals surface area contributed by atoms with Gasteiger partial charge in [-0.15, -0.1) is 0 Å². The molecule has 5 N–H and O–H groups in total. The van der Waals surface area contributed by atoms with Crippen LogP contribution in [0.25, 0.3) is 0 Å². The molecule has 4 unspecified atom stereocenters. The van der Waals surface area contributed by atoms with Crippen molar-refractivity contribution in [2.75, 3.05) is 0 Å². The first-order chi connectivity index (χ1) is 7.85. The minimum atomic E-state index is -0.817. The maximum absolute atomic E-state index is 9.61. The van der Waals surface area contributed by atoms with Crippen molar-refractivity contribution in [2.24, 2.45) is 0 Å². The maximum Gasteiger partial charge on any atom is 0.0589 e. The summed E-state index contributed by atoms with van der Waals surface area (Å²) < 4.78 is 0. The number of rotatable bonds is 9. The molecule has 0 spiro atoms. The van der Waals surface area contributed by atoms with Gasteiger partial charge in [-0.1, -0.05) is 6.92 Å². The second-order valence-electron chi connectivity index (χ2n) is 4.82. The molecule has 0 aliphatic heterocycles. The van der Waals surface area contributed by atoms with Gasteiger partial charge in [0.2, 0.25) is 0 Å². The number of aliphatic hydroxyl groups is 5. The van der Waals surface area contributed by atoms with Crippen LogP contribution < -0.4 is 0 Å². The van der Waals surface area contributed by atoms with Crippen LogP contribution in [0.5, 0.6) is 0 Å². The standard InChI is InChI=1S/C12H26O5/c1-3-9(14)5-11(16)7-12(17)6-10(15)4-8(2)13/h8-17H,3-7H2,1-2H3/t8-,9?,10?,11?,12?/m1/s1. The molecule has 0 heterocycles. The number of aliphatic hydroxyl groups excluding tert-OH is 5. The fraction of sp³-hybridized carbons (Fsp3) is 1.00. The molecule has 0 bridgehead atoms. The largest absolute Gasteiger partial charge is 0.393 e. The van der Waals surface area contributed by atoms with Crippen LogP contribution in [0.4, 0.5) is 0 Å². The average Bonchev–Trinajstić information content (AvgIpc) is 2.14. The summed E-state index contributed by atoms with van der Waals surface area (Å²) in [7, 11) is 0. The molecule has 0 saturated heterocycles. The molecule has 0 rings (SSSR count). The van der Waals surface area contributed by atoms with Crippen molar-refractivity contribution in [3.63, 3.8) is 0 Å². The first-order valence-corrected chi connectivity index (χ1v) is 6.25. The molecule has 104 valence electrons. The van der Waals surface area contributed by atoms with Gasteiger partial charge in [0, 0.05) is 0 Å². The highest BCUT2D eigenvalue weighted by Gasteiger charge is 2.18. The Labute approximate surface area is 103 Å². The minimum absolute atomic E-state index is 0.129. The lowest BCUT2D eigenvalue weighted by Gasteiger charge is -2.20. The molecule has 0 radical (unpaired) electrons. The third kappa shape index (κ3) is 9.50. The Hall–Kier alpha value is -0.200. The number of hydrogen-bond donors (Lipinski definition) is 5. The highest BCUT2D eigenvalue weighted by Crippen LogP contribution is 2.13. The summed E-state index contributed by atoms with van der Waals surface area (Å²) in [4.78, 5) is 0. The van der Waals surface area contributed by atoms with Crippen LogP contribution in [0.3, 0.4) is 0 Å². The van der Waals surface area contributed by atoms with Crippen molar-refractivity contribution in [1.29, 1.82) is 0 Å². The average molecular weight is 250 g/mol. The highest BCUT2D eigenvalue weighted by molar-refractivity contribution is 4.71. The molecule has 0 fully saturated rings. The van der Waals surface area contributed by atoms with Gasteiger partial charge in [0.25, 0.3) is 0 Å². The lowest BCUT2D eigenvalue weighted by atomic mass is 9.99. The van der Waals surface area contributed by atoms with E-state index in [-0.39, 0.29) is 25.7 Å². The topological polar surface area (TPSA) is 101 Å². The zero-order chi connectivity index (χ0) is 13.4. The molecular weight excluding hydrogens is 224 g/mol. The van der Waals surface area contributed by atoms with E-state index in [9.17, 15) is 20.4 Å². The zero-order valence-electron chi connectivity index (χ0n) is 10.7. The summed E-state index contributed by atoms with van der Waals surface area (Å²) in [6.45, 7) is 3.39. The minimum Gasteiger partial charge on any atom is -0.393 e. The van der Waals surface area contributed by atoms with Crippen LogP contribution in [0.1, 0.15) is 46.0 Å². The van der Waals surface area contributed by atoms with E-state index in [1.165, 1.54) is 0 Å². The van der Waals surface area contributed by atoms with Crippen LogP contribution in [0.15, 0.2) is 0 Å². The van der Waals surface area contributed by atoms with E-state index in [0.717, 1.165) is 0 Å². The van der Waals surface area contributed by atoms with E-state index in [1.54, 1.807) is 6.92 Å². The van der Waals surface area contributed by atoms with Crippen LogP contribution in [0, 0.1) is 0 Å². The summed E-state index contributed by atoms with van der Waals surface area (Å²) in [6, 6.07) is 0. The van der Waals surface area contributed by atoms with E-state index in [0.29, 0.717) is 6.42 Å². The first-order valence-electron chi connectivity index (χ1n) is 6.25. The van der Waals surface area contributed by atoms with Crippen LogP contribution >= 0.6 is 0 Å². The molecule has 0 amide bonds. The normalized spacial score (nSPS) is 20.6. The number of hydrogen-bond acceptors (Lipinski definition) is 5. The Kier molecular flexibility index (Phi) is 8.72. The van der Waals surface area contributed by atoms with Gasteiger partial charge in [0.05, 0.1) is 30.5 Å². The van der Waals surface area contributed by atoms with Crippen LogP contribution in [0.2, 0.25) is 0 Å². The summed E-state index contributed by atoms with van der Waals surface area (Å²) in [5.41, 5.74) is 0. The maximum atomic E-state index is 9.61. The summed E-state index contributed by atoms with van der Waals surface area (Å²) in [5, 5.41) is 47.0. The van der Waals surface area contributed by atoms with E-state index < -0.39 is 30.5 Å². The van der Waals surface area contributed by atoms with Crippen molar-refractivity contribution < 1.29 is 25.5 Å². The Balaban J connectivity index is 3.80. The molecule has 0 aromatic rings. The molecule has 17 heavy (non-hydrogen) atoms. The van der Waals surface area contributed by atoms with Crippen molar-refractivity contribution in [3.8, 4) is 0 Å². The van der Waals surface area contributed by atoms with Crippen molar-refractivity contribution >= 4 is 0 Å². The molecule has 5 atom stereocenters. The highest BCUT2D eigenvalue weighted by atomic mass is 16.3. The van der Waals surface area contributed by atoms with Gasteiger partial charge in [-0.2, -0.15) is 0 Å². The fourth-order valence-electron chi connectivity index (χ4n) is 1.79. The predicted molar refractivity (Wildman–Crippen MR) is 64.5 cm³/mol. The zero-order valence-corrected chi connectivity index (χ0v) is 10.7. The SMILES string of the molecule is CCC(O)CC(O)CC(O)CC(O)C[C@@H](C)O. The summed E-state index contributed by atoms with van der Waals surface area (Å²) in [5.74, 6) is 0. The molecule has 0 aromatic carbocycles. The third-order valence-corrected chi connectivity index (χ3v) is 2.72. The second kappa shape index (κ2) is 8.83. The van der Waals surface area contributed by atoms with Gasteiger partial charge in [0.1, 0.15) is 0 Å². The van der Waals surface area contributed by atoms with Gasteiger partial charge in [-0.25, -0.2) is 0 Å². The van der Waals surface area contributed by atoms with Crippen LogP contribution in [-0.4, -0.2) is 56.1 Å². The lowest BCUT2D eigenvalue weighted by molar-refractivity contribution is 0.00839. The Morgan fingerprint density at radius 3 is 1.35 bits per heavy atom. The molecule has 0 aromatic heterocycles. The fourth-order valence-corrected chi connectivity index (χ4v) is 1.79. The molecule has 5 nitrogen and oxygen atoms in total. The van der Waals surface area contributed by atoms with Gasteiger partial charge in [-0.05, 0) is 39.0 Å². The van der Waals surface area contributed by atoms with Gasteiger partial charge in [-0.3, -0.25) is 0 Å².